The van der Waals surface area contributed by atoms with Crippen LogP contribution < -0.4 is 5.73 Å². The number of likely N-dealkylation sites (N-methyl/N-ethyl adjacent to an activating group) is 1. The Labute approximate surface area is 141 Å². The third-order valence-electron chi connectivity index (χ3n) is 3.66. The van der Waals surface area contributed by atoms with Gasteiger partial charge in [-0.15, -0.1) is 19.0 Å². The van der Waals surface area contributed by atoms with Gasteiger partial charge < -0.3 is 5.73 Å². The number of hydrogen-bond donors (Lipinski definition) is 1. The maximum absolute atomic E-state index is 9.82. The van der Waals surface area contributed by atoms with Crippen LogP contribution in [0.25, 0.3) is 0 Å². The predicted octanol–water partition coefficient (Wildman–Crippen LogP) is 3.60. The molecule has 0 fully saturated rings. The van der Waals surface area contributed by atoms with Gasteiger partial charge in [0.25, 0.3) is 0 Å². The third kappa shape index (κ3) is 7.43. The predicted molar refractivity (Wildman–Crippen MR) is 98.3 cm³/mol. The van der Waals surface area contributed by atoms with Crippen LogP contribution in [0.3, 0.4) is 0 Å². The van der Waals surface area contributed by atoms with E-state index in [0.717, 1.165) is 12.8 Å². The lowest BCUT2D eigenvalue weighted by molar-refractivity contribution is -0.114. The summed E-state index contributed by atoms with van der Waals surface area (Å²) < 4.78 is 0. The van der Waals surface area contributed by atoms with Crippen LogP contribution in [0.1, 0.15) is 25.8 Å². The summed E-state index contributed by atoms with van der Waals surface area (Å²) in [6, 6.07) is 10.6. The van der Waals surface area contributed by atoms with Crippen molar-refractivity contribution in [3.05, 3.63) is 60.7 Å². The van der Waals surface area contributed by atoms with Crippen LogP contribution in [-0.2, 0) is 11.2 Å². The van der Waals surface area contributed by atoms with Gasteiger partial charge in [0.2, 0.25) is 5.91 Å². The normalized spacial score (nSPS) is 12.2. The summed E-state index contributed by atoms with van der Waals surface area (Å²) in [4.78, 5) is 12.1. The standard InChI is InChI=1S/C14H21N.C4H7NO.ClH/c1-5-14(6-2,15(3)4)12-13-10-8-7-9-11-13;1-3(2)4(5)6;/h5,7-11H,1,6,12H2,2-4H3;1H2,2H3,(H2,5,6);1H. The highest BCUT2D eigenvalue weighted by molar-refractivity contribution is 5.90. The molecule has 1 amide bonds. The molecule has 0 spiro atoms. The summed E-state index contributed by atoms with van der Waals surface area (Å²) in [6.07, 6.45) is 4.18. The third-order valence-corrected chi connectivity index (χ3v) is 3.66. The molecule has 1 atom stereocenters. The molecule has 2 N–H and O–H groups in total. The molecule has 4 heteroatoms. The summed E-state index contributed by atoms with van der Waals surface area (Å²) in [5.74, 6) is -0.435. The Hall–Kier alpha value is -1.58. The summed E-state index contributed by atoms with van der Waals surface area (Å²) in [5.41, 5.74) is 6.55. The number of halogens is 1. The molecule has 1 aromatic carbocycles. The fourth-order valence-electron chi connectivity index (χ4n) is 1.95. The van der Waals surface area contributed by atoms with E-state index >= 15 is 0 Å². The average Bonchev–Trinajstić information content (AvgIpc) is 2.46. The van der Waals surface area contributed by atoms with Gasteiger partial charge in [0, 0.05) is 11.1 Å². The van der Waals surface area contributed by atoms with Crippen molar-refractivity contribution < 1.29 is 4.79 Å². The highest BCUT2D eigenvalue weighted by Crippen LogP contribution is 2.23. The first kappa shape index (κ1) is 22.7. The van der Waals surface area contributed by atoms with Crippen LogP contribution in [0.5, 0.6) is 0 Å². The lowest BCUT2D eigenvalue weighted by Gasteiger charge is -2.36. The first-order valence-electron chi connectivity index (χ1n) is 7.09. The van der Waals surface area contributed by atoms with Gasteiger partial charge >= 0.3 is 0 Å². The number of amides is 1. The molecular formula is C18H29ClN2O. The lowest BCUT2D eigenvalue weighted by Crippen LogP contribution is -2.43. The molecule has 0 aliphatic carbocycles. The molecule has 1 aromatic rings. The second kappa shape index (κ2) is 11.0. The van der Waals surface area contributed by atoms with E-state index in [0.29, 0.717) is 5.57 Å². The van der Waals surface area contributed by atoms with Crippen molar-refractivity contribution in [2.45, 2.75) is 32.2 Å². The molecule has 0 saturated carbocycles. The Balaban J connectivity index is 0. The van der Waals surface area contributed by atoms with Crippen LogP contribution in [-0.4, -0.2) is 30.4 Å². The molecule has 22 heavy (non-hydrogen) atoms. The summed E-state index contributed by atoms with van der Waals surface area (Å²) >= 11 is 0. The Kier molecular flexibility index (Phi) is 11.4. The largest absolute Gasteiger partial charge is 0.366 e. The van der Waals surface area contributed by atoms with Gasteiger partial charge in [-0.05, 0) is 39.4 Å². The van der Waals surface area contributed by atoms with E-state index in [1.165, 1.54) is 5.56 Å². The zero-order valence-corrected chi connectivity index (χ0v) is 15.0. The van der Waals surface area contributed by atoms with Crippen LogP contribution in [0.4, 0.5) is 0 Å². The zero-order chi connectivity index (χ0) is 16.5. The van der Waals surface area contributed by atoms with Gasteiger partial charge in [-0.25, -0.2) is 0 Å². The second-order valence-corrected chi connectivity index (χ2v) is 5.36. The van der Waals surface area contributed by atoms with E-state index in [9.17, 15) is 4.79 Å². The number of hydrogen-bond acceptors (Lipinski definition) is 2. The Morgan fingerprint density at radius 2 is 1.77 bits per heavy atom. The molecule has 0 aliphatic rings. The number of benzene rings is 1. The lowest BCUT2D eigenvalue weighted by atomic mass is 9.87. The van der Waals surface area contributed by atoms with Crippen LogP contribution in [0.15, 0.2) is 55.1 Å². The van der Waals surface area contributed by atoms with Crippen molar-refractivity contribution in [3.8, 4) is 0 Å². The van der Waals surface area contributed by atoms with Gasteiger partial charge in [0.05, 0.1) is 0 Å². The molecule has 3 nitrogen and oxygen atoms in total. The molecule has 124 valence electrons. The number of nitrogens with two attached hydrogens (primary N) is 1. The van der Waals surface area contributed by atoms with E-state index in [1.54, 1.807) is 6.92 Å². The van der Waals surface area contributed by atoms with E-state index in [1.807, 2.05) is 0 Å². The second-order valence-electron chi connectivity index (χ2n) is 5.36. The first-order valence-corrected chi connectivity index (χ1v) is 7.09. The van der Waals surface area contributed by atoms with Gasteiger partial charge in [-0.2, -0.15) is 0 Å². The van der Waals surface area contributed by atoms with E-state index in [-0.39, 0.29) is 17.9 Å². The molecule has 1 rings (SSSR count). The van der Waals surface area contributed by atoms with Crippen molar-refractivity contribution in [1.29, 1.82) is 0 Å². The van der Waals surface area contributed by atoms with Crippen LogP contribution in [0.2, 0.25) is 0 Å². The summed E-state index contributed by atoms with van der Waals surface area (Å²) in [7, 11) is 4.24. The highest BCUT2D eigenvalue weighted by Gasteiger charge is 2.26. The quantitative estimate of drug-likeness (QED) is 0.642. The maximum atomic E-state index is 9.82. The molecule has 0 radical (unpaired) electrons. The Bertz CT molecular complexity index is 459. The Morgan fingerprint density at radius 1 is 1.32 bits per heavy atom. The van der Waals surface area contributed by atoms with Crippen LogP contribution in [0, 0.1) is 0 Å². The number of carbonyl (C=O) groups excluding carboxylic acids is 1. The molecule has 0 saturated heterocycles. The molecule has 1 unspecified atom stereocenters. The fourth-order valence-corrected chi connectivity index (χ4v) is 1.95. The van der Waals surface area contributed by atoms with Gasteiger partial charge in [0.1, 0.15) is 0 Å². The summed E-state index contributed by atoms with van der Waals surface area (Å²) in [5, 5.41) is 0. The first-order chi connectivity index (χ1) is 9.79. The average molecular weight is 325 g/mol. The molecule has 0 bridgehead atoms. The number of nitrogens with zero attached hydrogens (tertiary/aromatic N) is 1. The van der Waals surface area contributed by atoms with Gasteiger partial charge in [-0.1, -0.05) is 49.9 Å². The monoisotopic (exact) mass is 324 g/mol. The van der Waals surface area contributed by atoms with Crippen molar-refractivity contribution in [1.82, 2.24) is 4.90 Å². The zero-order valence-electron chi connectivity index (χ0n) is 14.1. The molecule has 0 aromatic heterocycles. The maximum Gasteiger partial charge on any atom is 0.243 e. The SMILES string of the molecule is C=C(C)C(N)=O.C=CC(CC)(Cc1ccccc1)N(C)C.Cl. The smallest absolute Gasteiger partial charge is 0.243 e. The number of carbonyl (C=O) groups is 1. The van der Waals surface area contributed by atoms with Gasteiger partial charge in [0.15, 0.2) is 0 Å². The van der Waals surface area contributed by atoms with Crippen molar-refractivity contribution in [2.75, 3.05) is 14.1 Å². The fraction of sp³-hybridized carbons (Fsp3) is 0.389. The van der Waals surface area contributed by atoms with E-state index < -0.39 is 5.91 Å². The number of primary amides is 1. The highest BCUT2D eigenvalue weighted by atomic mass is 35.5. The minimum atomic E-state index is -0.435. The van der Waals surface area contributed by atoms with Crippen molar-refractivity contribution >= 4 is 18.3 Å². The molecular weight excluding hydrogens is 296 g/mol. The Morgan fingerprint density at radius 3 is 2.05 bits per heavy atom. The molecule has 0 heterocycles. The number of rotatable bonds is 6. The van der Waals surface area contributed by atoms with E-state index in [2.05, 4.69) is 75.5 Å². The topological polar surface area (TPSA) is 46.3 Å². The minimum Gasteiger partial charge on any atom is -0.366 e. The van der Waals surface area contributed by atoms with Gasteiger partial charge in [-0.3, -0.25) is 9.69 Å². The minimum absolute atomic E-state index is 0. The van der Waals surface area contributed by atoms with E-state index in [4.69, 9.17) is 5.73 Å². The van der Waals surface area contributed by atoms with Crippen molar-refractivity contribution in [3.63, 3.8) is 0 Å². The molecule has 0 aliphatic heterocycles. The van der Waals surface area contributed by atoms with Crippen LogP contribution >= 0.6 is 12.4 Å². The summed E-state index contributed by atoms with van der Waals surface area (Å²) in [6.45, 7) is 11.0. The van der Waals surface area contributed by atoms with Crippen molar-refractivity contribution in [2.24, 2.45) is 5.73 Å².